The van der Waals surface area contributed by atoms with Gasteiger partial charge in [0.25, 0.3) is 0 Å². The SMILES string of the molecule is Cc1nn(-c2ccc(C(F)(F)F)cc2)c(C)c1[C@@H]1C=C[C@@H](NC(=O)NC2CCCCC2)C1. The summed E-state index contributed by atoms with van der Waals surface area (Å²) in [6.07, 6.45) is 6.12. The van der Waals surface area contributed by atoms with E-state index >= 15 is 0 Å². The molecule has 0 aliphatic heterocycles. The number of carbonyl (C=O) groups is 1. The Morgan fingerprint density at radius 3 is 2.38 bits per heavy atom. The number of allylic oxidation sites excluding steroid dienone is 1. The van der Waals surface area contributed by atoms with E-state index < -0.39 is 11.7 Å². The van der Waals surface area contributed by atoms with E-state index in [1.54, 1.807) is 4.68 Å². The van der Waals surface area contributed by atoms with Crippen molar-refractivity contribution in [2.45, 2.75) is 76.6 Å². The first-order chi connectivity index (χ1) is 15.2. The van der Waals surface area contributed by atoms with E-state index in [0.717, 1.165) is 61.2 Å². The lowest BCUT2D eigenvalue weighted by molar-refractivity contribution is -0.137. The van der Waals surface area contributed by atoms with E-state index in [9.17, 15) is 18.0 Å². The van der Waals surface area contributed by atoms with Crippen LogP contribution in [0.3, 0.4) is 0 Å². The minimum atomic E-state index is -4.36. The Labute approximate surface area is 186 Å². The first-order valence-electron chi connectivity index (χ1n) is 11.2. The van der Waals surface area contributed by atoms with Crippen LogP contribution in [0.2, 0.25) is 0 Å². The van der Waals surface area contributed by atoms with Gasteiger partial charge in [0.05, 0.1) is 16.9 Å². The second-order valence-corrected chi connectivity index (χ2v) is 8.83. The smallest absolute Gasteiger partial charge is 0.335 e. The molecule has 2 N–H and O–H groups in total. The summed E-state index contributed by atoms with van der Waals surface area (Å²) in [6.45, 7) is 3.84. The van der Waals surface area contributed by atoms with Gasteiger partial charge in [0.15, 0.2) is 0 Å². The summed E-state index contributed by atoms with van der Waals surface area (Å²) < 4.78 is 40.3. The largest absolute Gasteiger partial charge is 0.416 e. The minimum Gasteiger partial charge on any atom is -0.335 e. The molecule has 172 valence electrons. The van der Waals surface area contributed by atoms with Crippen molar-refractivity contribution in [3.63, 3.8) is 0 Å². The van der Waals surface area contributed by atoms with E-state index in [1.165, 1.54) is 18.6 Å². The molecule has 1 heterocycles. The molecule has 2 amide bonds. The molecule has 2 aliphatic carbocycles. The van der Waals surface area contributed by atoms with Crippen molar-refractivity contribution < 1.29 is 18.0 Å². The lowest BCUT2D eigenvalue weighted by Gasteiger charge is -2.24. The van der Waals surface area contributed by atoms with Crippen LogP contribution in [0, 0.1) is 13.8 Å². The van der Waals surface area contributed by atoms with E-state index in [4.69, 9.17) is 0 Å². The summed E-state index contributed by atoms with van der Waals surface area (Å²) in [7, 11) is 0. The Kier molecular flexibility index (Phi) is 6.31. The summed E-state index contributed by atoms with van der Waals surface area (Å²) in [5.74, 6) is 0.0955. The van der Waals surface area contributed by atoms with Gasteiger partial charge in [-0.3, -0.25) is 0 Å². The molecule has 0 unspecified atom stereocenters. The highest BCUT2D eigenvalue weighted by Gasteiger charge is 2.31. The number of rotatable bonds is 4. The van der Waals surface area contributed by atoms with Crippen molar-refractivity contribution in [3.8, 4) is 5.69 Å². The van der Waals surface area contributed by atoms with Crippen LogP contribution in [0.4, 0.5) is 18.0 Å². The average molecular weight is 447 g/mol. The lowest BCUT2D eigenvalue weighted by Crippen LogP contribution is -2.46. The van der Waals surface area contributed by atoms with Gasteiger partial charge < -0.3 is 10.6 Å². The number of halogens is 3. The van der Waals surface area contributed by atoms with Gasteiger partial charge in [0.1, 0.15) is 0 Å². The molecule has 0 saturated heterocycles. The van der Waals surface area contributed by atoms with Crippen LogP contribution in [0.15, 0.2) is 36.4 Å². The third-order valence-electron chi connectivity index (χ3n) is 6.50. The highest BCUT2D eigenvalue weighted by Crippen LogP contribution is 2.35. The molecular formula is C24H29F3N4O. The van der Waals surface area contributed by atoms with Gasteiger partial charge in [-0.1, -0.05) is 31.4 Å². The molecule has 1 aromatic heterocycles. The highest BCUT2D eigenvalue weighted by atomic mass is 19.4. The fourth-order valence-corrected chi connectivity index (χ4v) is 4.90. The molecule has 0 bridgehead atoms. The van der Waals surface area contributed by atoms with E-state index in [0.29, 0.717) is 5.69 Å². The molecule has 1 aromatic carbocycles. The molecule has 8 heteroatoms. The predicted octanol–water partition coefficient (Wildman–Crippen LogP) is 5.55. The van der Waals surface area contributed by atoms with Gasteiger partial charge in [-0.15, -0.1) is 0 Å². The number of urea groups is 1. The third-order valence-corrected chi connectivity index (χ3v) is 6.50. The normalized spacial score (nSPS) is 21.7. The lowest BCUT2D eigenvalue weighted by atomic mass is 9.95. The van der Waals surface area contributed by atoms with Crippen molar-refractivity contribution in [1.82, 2.24) is 20.4 Å². The number of hydrogen-bond donors (Lipinski definition) is 2. The van der Waals surface area contributed by atoms with Gasteiger partial charge in [-0.05, 0) is 57.4 Å². The standard InChI is InChI=1S/C24H29F3N4O/c1-15-22(16(2)31(30-15)21-12-9-18(10-13-21)24(25,26)27)17-8-11-20(14-17)29-23(32)28-19-6-4-3-5-7-19/h8-13,17,19-20H,3-7,14H2,1-2H3,(H2,28,29,32)/t17-,20-/m1/s1. The predicted molar refractivity (Wildman–Crippen MR) is 117 cm³/mol. The zero-order chi connectivity index (χ0) is 22.9. The Bertz CT molecular complexity index is 988. The van der Waals surface area contributed by atoms with Crippen LogP contribution in [-0.4, -0.2) is 27.9 Å². The molecule has 1 fully saturated rings. The molecule has 2 aliphatic rings. The summed E-state index contributed by atoms with van der Waals surface area (Å²) in [5, 5.41) is 10.7. The van der Waals surface area contributed by atoms with Crippen LogP contribution in [-0.2, 0) is 6.18 Å². The molecule has 2 aromatic rings. The monoisotopic (exact) mass is 446 g/mol. The van der Waals surface area contributed by atoms with Crippen LogP contribution < -0.4 is 10.6 Å². The topological polar surface area (TPSA) is 59.0 Å². The molecule has 4 rings (SSSR count). The number of carbonyl (C=O) groups excluding carboxylic acids is 1. The zero-order valence-corrected chi connectivity index (χ0v) is 18.4. The molecule has 32 heavy (non-hydrogen) atoms. The van der Waals surface area contributed by atoms with Crippen LogP contribution in [0.25, 0.3) is 5.69 Å². The zero-order valence-electron chi connectivity index (χ0n) is 18.4. The van der Waals surface area contributed by atoms with Crippen molar-refractivity contribution in [2.75, 3.05) is 0 Å². The van der Waals surface area contributed by atoms with Crippen molar-refractivity contribution in [3.05, 3.63) is 58.9 Å². The number of aryl methyl sites for hydroxylation is 1. The highest BCUT2D eigenvalue weighted by molar-refractivity contribution is 5.75. The summed E-state index contributed by atoms with van der Waals surface area (Å²) >= 11 is 0. The Hall–Kier alpha value is -2.77. The van der Waals surface area contributed by atoms with E-state index in [-0.39, 0.29) is 24.0 Å². The first-order valence-corrected chi connectivity index (χ1v) is 11.2. The molecule has 2 atom stereocenters. The summed E-state index contributed by atoms with van der Waals surface area (Å²) in [6, 6.07) is 5.11. The second kappa shape index (κ2) is 9.00. The first kappa shape index (κ1) is 22.4. The number of hydrogen-bond acceptors (Lipinski definition) is 2. The molecule has 0 spiro atoms. The van der Waals surface area contributed by atoms with Crippen LogP contribution >= 0.6 is 0 Å². The van der Waals surface area contributed by atoms with Gasteiger partial charge in [-0.25, -0.2) is 9.48 Å². The van der Waals surface area contributed by atoms with Crippen LogP contribution in [0.5, 0.6) is 0 Å². The number of nitrogens with one attached hydrogen (secondary N) is 2. The Morgan fingerprint density at radius 2 is 1.72 bits per heavy atom. The van der Waals surface area contributed by atoms with Gasteiger partial charge in [-0.2, -0.15) is 18.3 Å². The fraction of sp³-hybridized carbons (Fsp3) is 0.500. The second-order valence-electron chi connectivity index (χ2n) is 8.83. The van der Waals surface area contributed by atoms with E-state index in [2.05, 4.69) is 21.8 Å². The van der Waals surface area contributed by atoms with E-state index in [1.807, 2.05) is 19.9 Å². The number of amides is 2. The number of aromatic nitrogens is 2. The number of alkyl halides is 3. The van der Waals surface area contributed by atoms with Crippen LogP contribution in [0.1, 0.15) is 67.0 Å². The third kappa shape index (κ3) is 4.84. The molecular weight excluding hydrogens is 417 g/mol. The van der Waals surface area contributed by atoms with Crippen molar-refractivity contribution in [1.29, 1.82) is 0 Å². The minimum absolute atomic E-state index is 0.0585. The molecule has 0 radical (unpaired) electrons. The Balaban J connectivity index is 1.42. The average Bonchev–Trinajstić information content (AvgIpc) is 3.31. The maximum Gasteiger partial charge on any atom is 0.416 e. The quantitative estimate of drug-likeness (QED) is 0.605. The maximum absolute atomic E-state index is 12.9. The summed E-state index contributed by atoms with van der Waals surface area (Å²) in [5.41, 5.74) is 2.70. The maximum atomic E-state index is 12.9. The number of nitrogens with zero attached hydrogens (tertiary/aromatic N) is 2. The van der Waals surface area contributed by atoms with Crippen molar-refractivity contribution >= 4 is 6.03 Å². The van der Waals surface area contributed by atoms with Gasteiger partial charge in [0.2, 0.25) is 0 Å². The molecule has 5 nitrogen and oxygen atoms in total. The Morgan fingerprint density at radius 1 is 1.03 bits per heavy atom. The van der Waals surface area contributed by atoms with Gasteiger partial charge in [0, 0.05) is 29.3 Å². The summed E-state index contributed by atoms with van der Waals surface area (Å²) in [4.78, 5) is 12.4. The van der Waals surface area contributed by atoms with Crippen molar-refractivity contribution in [2.24, 2.45) is 0 Å². The van der Waals surface area contributed by atoms with Gasteiger partial charge >= 0.3 is 12.2 Å². The fourth-order valence-electron chi connectivity index (χ4n) is 4.90. The molecule has 1 saturated carbocycles. The number of benzene rings is 1.